The summed E-state index contributed by atoms with van der Waals surface area (Å²) in [4.78, 5) is 21.2. The van der Waals surface area contributed by atoms with E-state index in [2.05, 4.69) is 30.1 Å². The zero-order valence-corrected chi connectivity index (χ0v) is 15.2. The Balaban J connectivity index is 1.50. The molecule has 0 unspecified atom stereocenters. The van der Waals surface area contributed by atoms with Gasteiger partial charge in [0, 0.05) is 29.6 Å². The first-order valence-corrected chi connectivity index (χ1v) is 9.10. The van der Waals surface area contributed by atoms with Crippen molar-refractivity contribution in [1.82, 2.24) is 15.0 Å². The lowest BCUT2D eigenvalue weighted by atomic mass is 10.1. The van der Waals surface area contributed by atoms with E-state index < -0.39 is 0 Å². The van der Waals surface area contributed by atoms with E-state index in [1.807, 2.05) is 16.2 Å². The third-order valence-electron chi connectivity index (χ3n) is 4.23. The fraction of sp³-hybridized carbons (Fsp3) is 0.588. The average Bonchev–Trinajstić information content (AvgIpc) is 3.13. The van der Waals surface area contributed by atoms with Crippen LogP contribution in [0.3, 0.4) is 0 Å². The second kappa shape index (κ2) is 7.44. The number of thiophene rings is 1. The van der Waals surface area contributed by atoms with Crippen LogP contribution in [0.4, 0.5) is 0 Å². The molecule has 0 N–H and O–H groups in total. The van der Waals surface area contributed by atoms with E-state index in [9.17, 15) is 4.79 Å². The first-order chi connectivity index (χ1) is 11.5. The van der Waals surface area contributed by atoms with Gasteiger partial charge in [-0.3, -0.25) is 4.79 Å². The summed E-state index contributed by atoms with van der Waals surface area (Å²) < 4.78 is 10.7. The number of nitrogens with zero attached hydrogens (tertiary/aromatic N) is 3. The number of amides is 1. The number of carbonyl (C=O) groups excluding carboxylic acids is 1. The fourth-order valence-electron chi connectivity index (χ4n) is 3.00. The lowest BCUT2D eigenvalue weighted by molar-refractivity contribution is -0.139. The first kappa shape index (κ1) is 17.1. The highest BCUT2D eigenvalue weighted by Gasteiger charge is 2.28. The number of morpholine rings is 1. The molecule has 7 heteroatoms. The first-order valence-electron chi connectivity index (χ1n) is 8.28. The van der Waals surface area contributed by atoms with Gasteiger partial charge in [-0.05, 0) is 38.3 Å². The van der Waals surface area contributed by atoms with Gasteiger partial charge in [0.25, 0.3) is 0 Å². The molecule has 1 aliphatic heterocycles. The Morgan fingerprint density at radius 2 is 2.25 bits per heavy atom. The molecule has 3 rings (SSSR count). The summed E-state index contributed by atoms with van der Waals surface area (Å²) in [5, 5.41) is 3.90. The normalized spacial score (nSPS) is 18.1. The van der Waals surface area contributed by atoms with Crippen molar-refractivity contribution in [1.29, 1.82) is 0 Å². The Hall–Kier alpha value is -1.73. The summed E-state index contributed by atoms with van der Waals surface area (Å²) in [5.74, 6) is 1.21. The second-order valence-electron chi connectivity index (χ2n) is 6.16. The highest BCUT2D eigenvalue weighted by molar-refractivity contribution is 7.12. The van der Waals surface area contributed by atoms with E-state index in [1.54, 1.807) is 6.92 Å². The van der Waals surface area contributed by atoms with Gasteiger partial charge in [-0.25, -0.2) is 0 Å². The molecule has 0 spiro atoms. The fourth-order valence-corrected chi connectivity index (χ4v) is 3.97. The SMILES string of the molecule is Cc1nc([C@@H]2CN(C(=O)CCCc3cc(C)sc3C)CCO2)no1. The summed E-state index contributed by atoms with van der Waals surface area (Å²) in [6.45, 7) is 7.65. The van der Waals surface area contributed by atoms with Crippen LogP contribution in [0, 0.1) is 20.8 Å². The van der Waals surface area contributed by atoms with Crippen LogP contribution in [0.25, 0.3) is 0 Å². The number of aryl methyl sites for hydroxylation is 4. The maximum Gasteiger partial charge on any atom is 0.223 e. The lowest BCUT2D eigenvalue weighted by Crippen LogP contribution is -2.42. The van der Waals surface area contributed by atoms with Gasteiger partial charge in [-0.2, -0.15) is 4.98 Å². The van der Waals surface area contributed by atoms with Gasteiger partial charge in [-0.1, -0.05) is 5.16 Å². The molecule has 3 heterocycles. The number of hydrogen-bond donors (Lipinski definition) is 0. The van der Waals surface area contributed by atoms with Crippen molar-refractivity contribution in [2.75, 3.05) is 19.7 Å². The zero-order chi connectivity index (χ0) is 17.1. The summed E-state index contributed by atoms with van der Waals surface area (Å²) in [6, 6.07) is 2.23. The van der Waals surface area contributed by atoms with Gasteiger partial charge in [0.05, 0.1) is 13.2 Å². The maximum atomic E-state index is 12.5. The summed E-state index contributed by atoms with van der Waals surface area (Å²) in [7, 11) is 0. The minimum absolute atomic E-state index is 0.174. The van der Waals surface area contributed by atoms with E-state index in [-0.39, 0.29) is 12.0 Å². The quantitative estimate of drug-likeness (QED) is 0.830. The van der Waals surface area contributed by atoms with Gasteiger partial charge < -0.3 is 14.2 Å². The molecule has 2 aromatic rings. The van der Waals surface area contributed by atoms with Crippen LogP contribution >= 0.6 is 11.3 Å². The van der Waals surface area contributed by atoms with Crippen molar-refractivity contribution in [3.63, 3.8) is 0 Å². The van der Waals surface area contributed by atoms with E-state index in [4.69, 9.17) is 9.26 Å². The third kappa shape index (κ3) is 4.02. The Labute approximate surface area is 145 Å². The monoisotopic (exact) mass is 349 g/mol. The van der Waals surface area contributed by atoms with Crippen LogP contribution in [0.1, 0.15) is 46.0 Å². The molecule has 1 amide bonds. The third-order valence-corrected chi connectivity index (χ3v) is 5.24. The highest BCUT2D eigenvalue weighted by atomic mass is 32.1. The van der Waals surface area contributed by atoms with Crippen LogP contribution in [-0.4, -0.2) is 40.6 Å². The summed E-state index contributed by atoms with van der Waals surface area (Å²) in [6.07, 6.45) is 2.10. The smallest absolute Gasteiger partial charge is 0.223 e. The molecule has 0 aliphatic carbocycles. The van der Waals surface area contributed by atoms with Crippen molar-refractivity contribution in [3.05, 3.63) is 33.1 Å². The van der Waals surface area contributed by atoms with Gasteiger partial charge in [0.15, 0.2) is 0 Å². The maximum absolute atomic E-state index is 12.5. The predicted molar refractivity (Wildman–Crippen MR) is 91.0 cm³/mol. The average molecular weight is 349 g/mol. The van der Waals surface area contributed by atoms with E-state index in [0.717, 1.165) is 12.8 Å². The van der Waals surface area contributed by atoms with Crippen LogP contribution in [0.15, 0.2) is 10.6 Å². The second-order valence-corrected chi connectivity index (χ2v) is 7.62. The van der Waals surface area contributed by atoms with Gasteiger partial charge in [0.2, 0.25) is 17.6 Å². The number of rotatable bonds is 5. The number of ether oxygens (including phenoxy) is 1. The molecule has 24 heavy (non-hydrogen) atoms. The number of carbonyl (C=O) groups is 1. The Morgan fingerprint density at radius 1 is 1.42 bits per heavy atom. The number of aromatic nitrogens is 2. The van der Waals surface area contributed by atoms with Crippen molar-refractivity contribution >= 4 is 17.2 Å². The van der Waals surface area contributed by atoms with Crippen molar-refractivity contribution in [2.45, 2.75) is 46.1 Å². The van der Waals surface area contributed by atoms with Crippen LogP contribution in [0.5, 0.6) is 0 Å². The molecule has 1 saturated heterocycles. The Kier molecular flexibility index (Phi) is 5.30. The van der Waals surface area contributed by atoms with Crippen molar-refractivity contribution in [3.8, 4) is 0 Å². The molecule has 6 nitrogen and oxygen atoms in total. The molecule has 1 aliphatic rings. The molecule has 0 bridgehead atoms. The largest absolute Gasteiger partial charge is 0.366 e. The Bertz CT molecular complexity index is 710. The molecule has 2 aromatic heterocycles. The highest BCUT2D eigenvalue weighted by Crippen LogP contribution is 2.23. The van der Waals surface area contributed by atoms with Crippen LogP contribution < -0.4 is 0 Å². The van der Waals surface area contributed by atoms with Gasteiger partial charge in [0.1, 0.15) is 6.10 Å². The Morgan fingerprint density at radius 3 is 2.92 bits per heavy atom. The standard InChI is InChI=1S/C17H23N3O3S/c1-11-9-14(12(2)24-11)5-4-6-16(21)20-7-8-22-15(10-20)17-18-13(3)23-19-17/h9,15H,4-8,10H2,1-3H3/t15-/m0/s1. The zero-order valence-electron chi connectivity index (χ0n) is 14.4. The lowest BCUT2D eigenvalue weighted by Gasteiger charge is -2.31. The summed E-state index contributed by atoms with van der Waals surface area (Å²) in [5.41, 5.74) is 1.37. The van der Waals surface area contributed by atoms with Crippen molar-refractivity contribution < 1.29 is 14.1 Å². The number of hydrogen-bond acceptors (Lipinski definition) is 6. The molecular weight excluding hydrogens is 326 g/mol. The van der Waals surface area contributed by atoms with E-state index >= 15 is 0 Å². The van der Waals surface area contributed by atoms with Gasteiger partial charge >= 0.3 is 0 Å². The van der Waals surface area contributed by atoms with Crippen LogP contribution in [0.2, 0.25) is 0 Å². The van der Waals surface area contributed by atoms with E-state index in [1.165, 1.54) is 15.3 Å². The molecule has 130 valence electrons. The molecule has 1 fully saturated rings. The van der Waals surface area contributed by atoms with Crippen LogP contribution in [-0.2, 0) is 16.0 Å². The topological polar surface area (TPSA) is 68.5 Å². The molecular formula is C17H23N3O3S. The van der Waals surface area contributed by atoms with Gasteiger partial charge in [-0.15, -0.1) is 11.3 Å². The molecule has 0 radical (unpaired) electrons. The minimum Gasteiger partial charge on any atom is -0.366 e. The van der Waals surface area contributed by atoms with Crippen molar-refractivity contribution in [2.24, 2.45) is 0 Å². The molecule has 0 aromatic carbocycles. The molecule has 0 saturated carbocycles. The molecule has 1 atom stereocenters. The summed E-state index contributed by atoms with van der Waals surface area (Å²) >= 11 is 1.82. The predicted octanol–water partition coefficient (Wildman–Crippen LogP) is 2.98. The van der Waals surface area contributed by atoms with E-state index in [0.29, 0.717) is 37.8 Å². The minimum atomic E-state index is -0.290.